The Balaban J connectivity index is 1.73. The van der Waals surface area contributed by atoms with Crippen molar-refractivity contribution >= 4 is 15.9 Å². The van der Waals surface area contributed by atoms with E-state index in [0.717, 1.165) is 12.2 Å². The lowest BCUT2D eigenvalue weighted by Crippen LogP contribution is -2.55. The maximum atomic E-state index is 6.32. The van der Waals surface area contributed by atoms with Crippen LogP contribution in [0.1, 0.15) is 57.4 Å². The molecule has 2 fully saturated rings. The van der Waals surface area contributed by atoms with Gasteiger partial charge in [-0.1, -0.05) is 54.8 Å². The van der Waals surface area contributed by atoms with Crippen LogP contribution in [-0.4, -0.2) is 10.9 Å². The van der Waals surface area contributed by atoms with Gasteiger partial charge >= 0.3 is 0 Å². The molecule has 0 saturated heterocycles. The number of halogens is 1. The average Bonchev–Trinajstić information content (AvgIpc) is 2.91. The van der Waals surface area contributed by atoms with Gasteiger partial charge in [-0.3, -0.25) is 0 Å². The van der Waals surface area contributed by atoms with Gasteiger partial charge in [0.25, 0.3) is 0 Å². The summed E-state index contributed by atoms with van der Waals surface area (Å²) in [5.74, 6) is 1.62. The monoisotopic (exact) mass is 322 g/mol. The van der Waals surface area contributed by atoms with Gasteiger partial charge in [-0.2, -0.15) is 0 Å². The second-order valence-electron chi connectivity index (χ2n) is 6.48. The molecule has 2 saturated carbocycles. The molecule has 0 radical (unpaired) electrons. The van der Waals surface area contributed by atoms with E-state index in [2.05, 4.69) is 54.0 Å². The fraction of sp³-hybridized carbons (Fsp3) is 0.647. The Kier molecular flexibility index (Phi) is 3.63. The minimum Gasteiger partial charge on any atom is -0.490 e. The van der Waals surface area contributed by atoms with Crippen LogP contribution < -0.4 is 4.74 Å². The highest BCUT2D eigenvalue weighted by atomic mass is 79.9. The molecule has 19 heavy (non-hydrogen) atoms. The summed E-state index contributed by atoms with van der Waals surface area (Å²) in [5, 5.41) is 0. The molecule has 2 unspecified atom stereocenters. The minimum atomic E-state index is 0.418. The molecule has 2 atom stereocenters. The molecule has 0 N–H and O–H groups in total. The molecule has 104 valence electrons. The highest BCUT2D eigenvalue weighted by Crippen LogP contribution is 2.57. The Hall–Kier alpha value is -0.500. The summed E-state index contributed by atoms with van der Waals surface area (Å²) in [6.45, 7) is 4.46. The van der Waals surface area contributed by atoms with E-state index in [1.165, 1.54) is 31.2 Å². The van der Waals surface area contributed by atoms with Crippen LogP contribution in [0, 0.1) is 5.41 Å². The number of hydrogen-bond donors (Lipinski definition) is 0. The molecule has 0 aromatic heterocycles. The first-order valence-electron chi connectivity index (χ1n) is 7.52. The van der Waals surface area contributed by atoms with Crippen molar-refractivity contribution in [3.63, 3.8) is 0 Å². The zero-order chi connectivity index (χ0) is 13.5. The van der Waals surface area contributed by atoms with Crippen LogP contribution in [0.3, 0.4) is 0 Å². The second-order valence-corrected chi connectivity index (χ2v) is 7.58. The predicted molar refractivity (Wildman–Crippen MR) is 83.2 cm³/mol. The summed E-state index contributed by atoms with van der Waals surface area (Å²) in [4.78, 5) is 0.667. The molecule has 2 aliphatic carbocycles. The van der Waals surface area contributed by atoms with Crippen molar-refractivity contribution in [3.05, 3.63) is 29.8 Å². The summed E-state index contributed by atoms with van der Waals surface area (Å²) in [6.07, 6.45) is 6.98. The molecule has 0 bridgehead atoms. The van der Waals surface area contributed by atoms with Gasteiger partial charge in [0.05, 0.1) is 0 Å². The van der Waals surface area contributed by atoms with Gasteiger partial charge < -0.3 is 4.74 Å². The standard InChI is InChI=1S/C17H23BrO/c1-12(2)13-6-5-7-14(10-13)19-16-11-15(18)17(16)8-3-4-9-17/h5-7,10,12,15-16H,3-4,8-9,11H2,1-2H3. The average molecular weight is 323 g/mol. The van der Waals surface area contributed by atoms with Crippen LogP contribution >= 0.6 is 15.9 Å². The van der Waals surface area contributed by atoms with Gasteiger partial charge in [-0.05, 0) is 42.9 Å². The smallest absolute Gasteiger partial charge is 0.120 e. The zero-order valence-electron chi connectivity index (χ0n) is 11.9. The normalized spacial score (nSPS) is 28.6. The molecule has 1 aromatic carbocycles. The number of benzene rings is 1. The first kappa shape index (κ1) is 13.5. The summed E-state index contributed by atoms with van der Waals surface area (Å²) in [6, 6.07) is 8.64. The molecule has 1 nitrogen and oxygen atoms in total. The van der Waals surface area contributed by atoms with Gasteiger partial charge in [0.15, 0.2) is 0 Å². The molecular formula is C17H23BrO. The number of rotatable bonds is 3. The van der Waals surface area contributed by atoms with Crippen LogP contribution in [0.25, 0.3) is 0 Å². The Bertz CT molecular complexity index is 448. The van der Waals surface area contributed by atoms with Crippen molar-refractivity contribution in [1.29, 1.82) is 0 Å². The number of alkyl halides is 1. The maximum Gasteiger partial charge on any atom is 0.120 e. The molecular weight excluding hydrogens is 300 g/mol. The van der Waals surface area contributed by atoms with Gasteiger partial charge in [0, 0.05) is 10.2 Å². The predicted octanol–water partition coefficient (Wildman–Crippen LogP) is 5.29. The summed E-state index contributed by atoms with van der Waals surface area (Å²) in [5.41, 5.74) is 1.79. The van der Waals surface area contributed by atoms with E-state index >= 15 is 0 Å². The Morgan fingerprint density at radius 2 is 2.00 bits per heavy atom. The van der Waals surface area contributed by atoms with E-state index in [-0.39, 0.29) is 0 Å². The fourth-order valence-corrected chi connectivity index (χ4v) is 4.74. The third kappa shape index (κ3) is 2.33. The highest BCUT2D eigenvalue weighted by molar-refractivity contribution is 9.09. The highest BCUT2D eigenvalue weighted by Gasteiger charge is 2.56. The first-order chi connectivity index (χ1) is 9.12. The topological polar surface area (TPSA) is 9.23 Å². The maximum absolute atomic E-state index is 6.32. The molecule has 3 rings (SSSR count). The second kappa shape index (κ2) is 5.12. The van der Waals surface area contributed by atoms with Crippen LogP contribution in [0.4, 0.5) is 0 Å². The molecule has 2 heteroatoms. The third-order valence-electron chi connectivity index (χ3n) is 5.02. The molecule has 0 aliphatic heterocycles. The van der Waals surface area contributed by atoms with Crippen molar-refractivity contribution in [2.24, 2.45) is 5.41 Å². The van der Waals surface area contributed by atoms with Crippen molar-refractivity contribution in [1.82, 2.24) is 0 Å². The first-order valence-corrected chi connectivity index (χ1v) is 8.44. The lowest BCUT2D eigenvalue weighted by Gasteiger charge is -2.51. The van der Waals surface area contributed by atoms with Crippen LogP contribution in [0.15, 0.2) is 24.3 Å². The van der Waals surface area contributed by atoms with Gasteiger partial charge in [0.2, 0.25) is 0 Å². The summed E-state index contributed by atoms with van der Waals surface area (Å²) < 4.78 is 6.32. The summed E-state index contributed by atoms with van der Waals surface area (Å²) >= 11 is 3.86. The van der Waals surface area contributed by atoms with E-state index < -0.39 is 0 Å². The fourth-order valence-electron chi connectivity index (χ4n) is 3.64. The minimum absolute atomic E-state index is 0.418. The Labute approximate surface area is 124 Å². The summed E-state index contributed by atoms with van der Waals surface area (Å²) in [7, 11) is 0. The van der Waals surface area contributed by atoms with Crippen LogP contribution in [0.5, 0.6) is 5.75 Å². The van der Waals surface area contributed by atoms with Crippen LogP contribution in [-0.2, 0) is 0 Å². The van der Waals surface area contributed by atoms with E-state index in [1.807, 2.05) is 0 Å². The lowest BCUT2D eigenvalue weighted by atomic mass is 9.64. The largest absolute Gasteiger partial charge is 0.490 e. The molecule has 0 amide bonds. The number of ether oxygens (including phenoxy) is 1. The van der Waals surface area contributed by atoms with E-state index in [4.69, 9.17) is 4.74 Å². The quantitative estimate of drug-likeness (QED) is 0.687. The van der Waals surface area contributed by atoms with E-state index in [9.17, 15) is 0 Å². The van der Waals surface area contributed by atoms with Gasteiger partial charge in [-0.25, -0.2) is 0 Å². The van der Waals surface area contributed by atoms with E-state index in [0.29, 0.717) is 22.3 Å². The molecule has 1 spiro atoms. The van der Waals surface area contributed by atoms with Crippen molar-refractivity contribution < 1.29 is 4.74 Å². The molecule has 1 aromatic rings. The van der Waals surface area contributed by atoms with Gasteiger partial charge in [0.1, 0.15) is 11.9 Å². The SMILES string of the molecule is CC(C)c1cccc(OC2CC(Br)C23CCCC3)c1. The van der Waals surface area contributed by atoms with Crippen molar-refractivity contribution in [2.45, 2.75) is 62.8 Å². The zero-order valence-corrected chi connectivity index (χ0v) is 13.4. The molecule has 2 aliphatic rings. The van der Waals surface area contributed by atoms with E-state index in [1.54, 1.807) is 0 Å². The van der Waals surface area contributed by atoms with Crippen molar-refractivity contribution in [2.75, 3.05) is 0 Å². The Morgan fingerprint density at radius 1 is 1.26 bits per heavy atom. The Morgan fingerprint density at radius 3 is 2.63 bits per heavy atom. The third-order valence-corrected chi connectivity index (χ3v) is 6.31. The van der Waals surface area contributed by atoms with Crippen LogP contribution in [0.2, 0.25) is 0 Å². The van der Waals surface area contributed by atoms with Gasteiger partial charge in [-0.15, -0.1) is 0 Å². The lowest BCUT2D eigenvalue weighted by molar-refractivity contribution is -0.0304. The molecule has 0 heterocycles. The van der Waals surface area contributed by atoms with Crippen molar-refractivity contribution in [3.8, 4) is 5.75 Å². The number of hydrogen-bond acceptors (Lipinski definition) is 1.